The number of rotatable bonds is 6. The summed E-state index contributed by atoms with van der Waals surface area (Å²) in [5.41, 5.74) is -0.425. The predicted molar refractivity (Wildman–Crippen MR) is 64.3 cm³/mol. The molecule has 0 aliphatic carbocycles. The molecule has 1 N–H and O–H groups in total. The van der Waals surface area contributed by atoms with E-state index in [9.17, 15) is 4.79 Å². The Morgan fingerprint density at radius 2 is 1.88 bits per heavy atom. The van der Waals surface area contributed by atoms with E-state index in [1.165, 1.54) is 0 Å². The molecule has 0 saturated heterocycles. The van der Waals surface area contributed by atoms with Gasteiger partial charge in [-0.05, 0) is 33.6 Å². The molecule has 0 heterocycles. The van der Waals surface area contributed by atoms with E-state index in [2.05, 4.69) is 12.2 Å². The molecule has 0 saturated carbocycles. The largest absolute Gasteiger partial charge is 0.459 e. The molecule has 16 heavy (non-hydrogen) atoms. The maximum absolute atomic E-state index is 11.6. The summed E-state index contributed by atoms with van der Waals surface area (Å²) in [6.07, 6.45) is 0. The van der Waals surface area contributed by atoms with Crippen molar-refractivity contribution < 1.29 is 14.3 Å². The topological polar surface area (TPSA) is 47.6 Å². The fourth-order valence-corrected chi connectivity index (χ4v) is 1.19. The molecule has 0 spiro atoms. The van der Waals surface area contributed by atoms with Gasteiger partial charge in [0.05, 0.1) is 0 Å². The van der Waals surface area contributed by atoms with Crippen LogP contribution in [0.5, 0.6) is 0 Å². The van der Waals surface area contributed by atoms with E-state index < -0.39 is 5.60 Å². The third kappa shape index (κ3) is 7.65. The van der Waals surface area contributed by atoms with Gasteiger partial charge in [0.1, 0.15) is 11.6 Å². The summed E-state index contributed by atoms with van der Waals surface area (Å²) in [4.78, 5) is 11.6. The monoisotopic (exact) mass is 231 g/mol. The van der Waals surface area contributed by atoms with Gasteiger partial charge in [0, 0.05) is 20.3 Å². The van der Waals surface area contributed by atoms with Crippen LogP contribution in [0.4, 0.5) is 0 Å². The lowest BCUT2D eigenvalue weighted by molar-refractivity contribution is -0.157. The summed E-state index contributed by atoms with van der Waals surface area (Å²) in [6.45, 7) is 10.9. The highest BCUT2D eigenvalue weighted by Gasteiger charge is 2.21. The summed E-state index contributed by atoms with van der Waals surface area (Å²) >= 11 is 0. The molecule has 0 aliphatic heterocycles. The molecule has 0 radical (unpaired) electrons. The maximum atomic E-state index is 11.6. The SMILES string of the molecule is COCC(C)CNC(C)C(=O)OC(C)(C)C. The van der Waals surface area contributed by atoms with Crippen molar-refractivity contribution >= 4 is 5.97 Å². The van der Waals surface area contributed by atoms with Crippen LogP contribution in [-0.4, -0.2) is 37.9 Å². The minimum Gasteiger partial charge on any atom is -0.459 e. The number of ether oxygens (including phenoxy) is 2. The average Bonchev–Trinajstić information content (AvgIpc) is 2.11. The Kier molecular flexibility index (Phi) is 6.60. The first kappa shape index (κ1) is 15.4. The van der Waals surface area contributed by atoms with Crippen LogP contribution < -0.4 is 5.32 Å². The molecule has 2 unspecified atom stereocenters. The zero-order valence-corrected chi connectivity index (χ0v) is 11.3. The highest BCUT2D eigenvalue weighted by molar-refractivity contribution is 5.75. The Labute approximate surface area is 98.7 Å². The number of carbonyl (C=O) groups is 1. The standard InChI is InChI=1S/C12H25NO3/c1-9(8-15-6)7-13-10(2)11(14)16-12(3,4)5/h9-10,13H,7-8H2,1-6H3. The summed E-state index contributed by atoms with van der Waals surface area (Å²) in [6, 6.07) is -0.279. The second-order valence-corrected chi connectivity index (χ2v) is 5.22. The Hall–Kier alpha value is -0.610. The normalized spacial score (nSPS) is 15.6. The Morgan fingerprint density at radius 1 is 1.31 bits per heavy atom. The molecule has 0 fully saturated rings. The second-order valence-electron chi connectivity index (χ2n) is 5.22. The van der Waals surface area contributed by atoms with E-state index in [0.717, 1.165) is 6.54 Å². The summed E-state index contributed by atoms with van der Waals surface area (Å²) in [5.74, 6) is 0.173. The molecule has 4 nitrogen and oxygen atoms in total. The van der Waals surface area contributed by atoms with Gasteiger partial charge in [0.15, 0.2) is 0 Å². The van der Waals surface area contributed by atoms with Crippen LogP contribution in [-0.2, 0) is 14.3 Å². The molecule has 0 aromatic carbocycles. The van der Waals surface area contributed by atoms with Crippen molar-refractivity contribution in [3.8, 4) is 0 Å². The van der Waals surface area contributed by atoms with Gasteiger partial charge in [0.2, 0.25) is 0 Å². The third-order valence-electron chi connectivity index (χ3n) is 1.98. The first-order valence-corrected chi connectivity index (χ1v) is 5.71. The maximum Gasteiger partial charge on any atom is 0.323 e. The lowest BCUT2D eigenvalue weighted by Crippen LogP contribution is -2.41. The van der Waals surface area contributed by atoms with Crippen molar-refractivity contribution in [2.24, 2.45) is 5.92 Å². The number of carbonyl (C=O) groups excluding carboxylic acids is 1. The smallest absolute Gasteiger partial charge is 0.323 e. The lowest BCUT2D eigenvalue weighted by Gasteiger charge is -2.23. The molecule has 2 atom stereocenters. The van der Waals surface area contributed by atoms with Crippen LogP contribution >= 0.6 is 0 Å². The molecule has 0 aromatic heterocycles. The minimum absolute atomic E-state index is 0.211. The van der Waals surface area contributed by atoms with E-state index >= 15 is 0 Å². The van der Waals surface area contributed by atoms with Gasteiger partial charge >= 0.3 is 5.97 Å². The Morgan fingerprint density at radius 3 is 2.31 bits per heavy atom. The van der Waals surface area contributed by atoms with Crippen LogP contribution in [0.3, 0.4) is 0 Å². The van der Waals surface area contributed by atoms with Crippen molar-refractivity contribution in [3.63, 3.8) is 0 Å². The molecule has 0 amide bonds. The van der Waals surface area contributed by atoms with Crippen molar-refractivity contribution in [1.82, 2.24) is 5.32 Å². The number of esters is 1. The molecule has 4 heteroatoms. The van der Waals surface area contributed by atoms with Gasteiger partial charge in [-0.25, -0.2) is 0 Å². The quantitative estimate of drug-likeness (QED) is 0.705. The van der Waals surface area contributed by atoms with Crippen LogP contribution in [0, 0.1) is 5.92 Å². The summed E-state index contributed by atoms with van der Waals surface area (Å²) in [7, 11) is 1.67. The van der Waals surface area contributed by atoms with E-state index in [1.807, 2.05) is 27.7 Å². The number of nitrogens with one attached hydrogen (secondary N) is 1. The zero-order valence-electron chi connectivity index (χ0n) is 11.3. The van der Waals surface area contributed by atoms with Gasteiger partial charge in [-0.15, -0.1) is 0 Å². The van der Waals surface area contributed by atoms with Crippen molar-refractivity contribution in [2.75, 3.05) is 20.3 Å². The van der Waals surface area contributed by atoms with E-state index in [1.54, 1.807) is 7.11 Å². The molecule has 0 bridgehead atoms. The van der Waals surface area contributed by atoms with Crippen LogP contribution in [0.15, 0.2) is 0 Å². The Bertz CT molecular complexity index is 211. The van der Waals surface area contributed by atoms with E-state index in [-0.39, 0.29) is 12.0 Å². The Balaban J connectivity index is 3.88. The molecule has 0 aromatic rings. The van der Waals surface area contributed by atoms with Crippen molar-refractivity contribution in [2.45, 2.75) is 46.3 Å². The highest BCUT2D eigenvalue weighted by Crippen LogP contribution is 2.08. The first-order valence-electron chi connectivity index (χ1n) is 5.71. The van der Waals surface area contributed by atoms with E-state index in [0.29, 0.717) is 12.5 Å². The molecular formula is C12H25NO3. The van der Waals surface area contributed by atoms with Gasteiger partial charge in [-0.1, -0.05) is 6.92 Å². The van der Waals surface area contributed by atoms with Gasteiger partial charge in [-0.3, -0.25) is 4.79 Å². The van der Waals surface area contributed by atoms with Crippen LogP contribution in [0.1, 0.15) is 34.6 Å². The summed E-state index contributed by atoms with van der Waals surface area (Å²) < 4.78 is 10.3. The van der Waals surface area contributed by atoms with Gasteiger partial charge < -0.3 is 14.8 Å². The number of hydrogen-bond donors (Lipinski definition) is 1. The van der Waals surface area contributed by atoms with E-state index in [4.69, 9.17) is 9.47 Å². The van der Waals surface area contributed by atoms with Crippen LogP contribution in [0.2, 0.25) is 0 Å². The third-order valence-corrected chi connectivity index (χ3v) is 1.98. The second kappa shape index (κ2) is 6.86. The minimum atomic E-state index is -0.425. The van der Waals surface area contributed by atoms with Gasteiger partial charge in [0.25, 0.3) is 0 Å². The molecule has 0 aliphatic rings. The number of hydrogen-bond acceptors (Lipinski definition) is 4. The fraction of sp³-hybridized carbons (Fsp3) is 0.917. The average molecular weight is 231 g/mol. The van der Waals surface area contributed by atoms with Crippen molar-refractivity contribution in [3.05, 3.63) is 0 Å². The lowest BCUT2D eigenvalue weighted by atomic mass is 10.1. The first-order chi connectivity index (χ1) is 7.26. The summed E-state index contributed by atoms with van der Waals surface area (Å²) in [5, 5.41) is 3.14. The highest BCUT2D eigenvalue weighted by atomic mass is 16.6. The van der Waals surface area contributed by atoms with Gasteiger partial charge in [-0.2, -0.15) is 0 Å². The zero-order chi connectivity index (χ0) is 12.8. The van der Waals surface area contributed by atoms with Crippen molar-refractivity contribution in [1.29, 1.82) is 0 Å². The fourth-order valence-electron chi connectivity index (χ4n) is 1.19. The molecule has 96 valence electrons. The predicted octanol–water partition coefficient (Wildman–Crippen LogP) is 1.59. The molecular weight excluding hydrogens is 206 g/mol. The molecule has 0 rings (SSSR count). The number of methoxy groups -OCH3 is 1. The van der Waals surface area contributed by atoms with Crippen LogP contribution in [0.25, 0.3) is 0 Å².